The van der Waals surface area contributed by atoms with Crippen LogP contribution in [0.15, 0.2) is 47.4 Å². The Morgan fingerprint density at radius 1 is 1.03 bits per heavy atom. The summed E-state index contributed by atoms with van der Waals surface area (Å²) in [7, 11) is 0. The van der Waals surface area contributed by atoms with Gasteiger partial charge in [0.05, 0.1) is 34.2 Å². The zero-order valence-corrected chi connectivity index (χ0v) is 21.1. The van der Waals surface area contributed by atoms with E-state index < -0.39 is 5.97 Å². The third-order valence-electron chi connectivity index (χ3n) is 7.72. The van der Waals surface area contributed by atoms with Gasteiger partial charge < -0.3 is 24.6 Å². The fraction of sp³-hybridized carbons (Fsp3) is 0.357. The molecule has 0 aliphatic carbocycles. The number of aromatic carboxylic acids is 1. The van der Waals surface area contributed by atoms with Crippen molar-refractivity contribution in [1.82, 2.24) is 19.7 Å². The fourth-order valence-corrected chi connectivity index (χ4v) is 5.58. The minimum atomic E-state index is -0.949. The topological polar surface area (TPSA) is 121 Å². The van der Waals surface area contributed by atoms with Crippen molar-refractivity contribution in [3.63, 3.8) is 0 Å². The molecule has 2 saturated heterocycles. The lowest BCUT2D eigenvalue weighted by molar-refractivity contribution is 0.0675. The SMILES string of the molecule is Cc1cc2[nH]c(=O)c3cnn(C4CCOCC4)c3c2cc1C(=O)N1CCN(c2ccc(C(=O)O)cc2)CC1. The minimum Gasteiger partial charge on any atom is -0.478 e. The van der Waals surface area contributed by atoms with Gasteiger partial charge in [0.15, 0.2) is 0 Å². The van der Waals surface area contributed by atoms with E-state index in [0.29, 0.717) is 55.9 Å². The molecule has 1 amide bonds. The van der Waals surface area contributed by atoms with Crippen LogP contribution >= 0.6 is 0 Å². The van der Waals surface area contributed by atoms with Crippen molar-refractivity contribution >= 4 is 39.4 Å². The highest BCUT2D eigenvalue weighted by Crippen LogP contribution is 2.30. The van der Waals surface area contributed by atoms with E-state index in [1.54, 1.807) is 18.3 Å². The van der Waals surface area contributed by atoms with Gasteiger partial charge in [0.2, 0.25) is 0 Å². The summed E-state index contributed by atoms with van der Waals surface area (Å²) < 4.78 is 7.46. The maximum absolute atomic E-state index is 13.7. The van der Waals surface area contributed by atoms with Gasteiger partial charge in [-0.1, -0.05) is 0 Å². The molecule has 38 heavy (non-hydrogen) atoms. The van der Waals surface area contributed by atoms with Gasteiger partial charge in [-0.2, -0.15) is 5.10 Å². The molecule has 4 heterocycles. The summed E-state index contributed by atoms with van der Waals surface area (Å²) in [5.74, 6) is -0.989. The molecule has 2 aliphatic rings. The number of rotatable bonds is 4. The predicted octanol–water partition coefficient (Wildman–Crippen LogP) is 3.20. The lowest BCUT2D eigenvalue weighted by atomic mass is 10.0. The molecule has 196 valence electrons. The molecule has 2 aliphatic heterocycles. The van der Waals surface area contributed by atoms with Crippen LogP contribution in [0.2, 0.25) is 0 Å². The Hall–Kier alpha value is -4.18. The Kier molecular flexibility index (Phi) is 6.11. The molecule has 10 heteroatoms. The van der Waals surface area contributed by atoms with E-state index in [0.717, 1.165) is 35.0 Å². The van der Waals surface area contributed by atoms with Crippen LogP contribution in [-0.4, -0.2) is 76.0 Å². The number of H-pyrrole nitrogens is 1. The monoisotopic (exact) mass is 515 g/mol. The number of piperazine rings is 1. The summed E-state index contributed by atoms with van der Waals surface area (Å²) in [4.78, 5) is 44.6. The number of aromatic amines is 1. The molecule has 2 aromatic carbocycles. The molecule has 2 aromatic heterocycles. The van der Waals surface area contributed by atoms with Crippen LogP contribution in [0.3, 0.4) is 0 Å². The molecule has 0 atom stereocenters. The zero-order chi connectivity index (χ0) is 26.4. The standard InChI is InChI=1S/C28H29N5O5/c1-17-14-24-22(25-23(26(34)30-24)16-29-33(25)20-6-12-38-13-7-20)15-21(17)27(35)32-10-8-31(9-11-32)19-4-2-18(3-5-19)28(36)37/h2-5,14-16,20H,6-13H2,1H3,(H,30,34)(H,36,37). The Labute approximate surface area is 218 Å². The van der Waals surface area contributed by atoms with Crippen LogP contribution in [0.5, 0.6) is 0 Å². The molecular formula is C28H29N5O5. The van der Waals surface area contributed by atoms with Gasteiger partial charge in [-0.05, 0) is 61.7 Å². The zero-order valence-electron chi connectivity index (χ0n) is 21.1. The number of aromatic nitrogens is 3. The van der Waals surface area contributed by atoms with Crippen molar-refractivity contribution in [2.24, 2.45) is 0 Å². The number of carboxylic acids is 1. The van der Waals surface area contributed by atoms with Crippen molar-refractivity contribution in [3.05, 3.63) is 69.6 Å². The van der Waals surface area contributed by atoms with Crippen LogP contribution in [0.4, 0.5) is 5.69 Å². The van der Waals surface area contributed by atoms with Crippen molar-refractivity contribution in [3.8, 4) is 0 Å². The summed E-state index contributed by atoms with van der Waals surface area (Å²) in [6, 6.07) is 10.7. The molecule has 2 N–H and O–H groups in total. The highest BCUT2D eigenvalue weighted by Gasteiger charge is 2.26. The first-order chi connectivity index (χ1) is 18.4. The van der Waals surface area contributed by atoms with E-state index in [1.807, 2.05) is 40.8 Å². The normalized spacial score (nSPS) is 16.9. The number of nitrogens with zero attached hydrogens (tertiary/aromatic N) is 4. The van der Waals surface area contributed by atoms with Crippen LogP contribution < -0.4 is 10.5 Å². The molecule has 0 unspecified atom stereocenters. The summed E-state index contributed by atoms with van der Waals surface area (Å²) in [5, 5.41) is 15.0. The van der Waals surface area contributed by atoms with Gasteiger partial charge in [0.25, 0.3) is 11.5 Å². The first-order valence-corrected chi connectivity index (χ1v) is 12.9. The number of anilines is 1. The van der Waals surface area contributed by atoms with Gasteiger partial charge in [0.1, 0.15) is 0 Å². The Balaban J connectivity index is 1.29. The second-order valence-electron chi connectivity index (χ2n) is 9.99. The largest absolute Gasteiger partial charge is 0.478 e. The summed E-state index contributed by atoms with van der Waals surface area (Å²) >= 11 is 0. The van der Waals surface area contributed by atoms with E-state index in [4.69, 9.17) is 9.84 Å². The highest BCUT2D eigenvalue weighted by atomic mass is 16.5. The van der Waals surface area contributed by atoms with Crippen LogP contribution in [-0.2, 0) is 4.74 Å². The molecule has 0 saturated carbocycles. The van der Waals surface area contributed by atoms with E-state index >= 15 is 0 Å². The summed E-state index contributed by atoms with van der Waals surface area (Å²) in [5.41, 5.74) is 3.89. The van der Waals surface area contributed by atoms with E-state index in [-0.39, 0.29) is 23.1 Å². The maximum Gasteiger partial charge on any atom is 0.335 e. The Morgan fingerprint density at radius 2 is 1.74 bits per heavy atom. The second-order valence-corrected chi connectivity index (χ2v) is 9.99. The first kappa shape index (κ1) is 24.2. The quantitative estimate of drug-likeness (QED) is 0.428. The number of carbonyl (C=O) groups is 2. The number of hydrogen-bond donors (Lipinski definition) is 2. The molecule has 6 rings (SSSR count). The molecule has 4 aromatic rings. The van der Waals surface area contributed by atoms with E-state index in [1.165, 1.54) is 0 Å². The predicted molar refractivity (Wildman–Crippen MR) is 143 cm³/mol. The van der Waals surface area contributed by atoms with Crippen molar-refractivity contribution in [1.29, 1.82) is 0 Å². The average molecular weight is 516 g/mol. The Bertz CT molecular complexity index is 1590. The lowest BCUT2D eigenvalue weighted by Gasteiger charge is -2.36. The number of ether oxygens (including phenoxy) is 1. The van der Waals surface area contributed by atoms with Crippen molar-refractivity contribution in [2.75, 3.05) is 44.3 Å². The number of benzene rings is 2. The van der Waals surface area contributed by atoms with Gasteiger partial charge >= 0.3 is 5.97 Å². The van der Waals surface area contributed by atoms with Gasteiger partial charge in [-0.25, -0.2) is 4.79 Å². The molecule has 0 spiro atoms. The number of carboxylic acid groups (broad SMARTS) is 1. The molecular weight excluding hydrogens is 486 g/mol. The molecule has 0 radical (unpaired) electrons. The number of fused-ring (bicyclic) bond motifs is 3. The van der Waals surface area contributed by atoms with Crippen LogP contribution in [0.1, 0.15) is 45.2 Å². The third-order valence-corrected chi connectivity index (χ3v) is 7.72. The fourth-order valence-electron chi connectivity index (χ4n) is 5.58. The number of carbonyl (C=O) groups excluding carboxylic acids is 1. The molecule has 0 bridgehead atoms. The average Bonchev–Trinajstić information content (AvgIpc) is 3.39. The first-order valence-electron chi connectivity index (χ1n) is 12.9. The van der Waals surface area contributed by atoms with Crippen LogP contribution in [0, 0.1) is 6.92 Å². The number of nitrogens with one attached hydrogen (secondary N) is 1. The molecule has 10 nitrogen and oxygen atoms in total. The summed E-state index contributed by atoms with van der Waals surface area (Å²) in [6.45, 7) is 5.62. The van der Waals surface area contributed by atoms with Gasteiger partial charge in [-0.3, -0.25) is 14.3 Å². The van der Waals surface area contributed by atoms with Gasteiger partial charge in [-0.15, -0.1) is 0 Å². The van der Waals surface area contributed by atoms with E-state index in [9.17, 15) is 14.4 Å². The maximum atomic E-state index is 13.7. The Morgan fingerprint density at radius 3 is 2.42 bits per heavy atom. The highest BCUT2D eigenvalue weighted by molar-refractivity contribution is 6.07. The lowest BCUT2D eigenvalue weighted by Crippen LogP contribution is -2.49. The van der Waals surface area contributed by atoms with Crippen LogP contribution in [0.25, 0.3) is 21.8 Å². The molecule has 2 fully saturated rings. The van der Waals surface area contributed by atoms with E-state index in [2.05, 4.69) is 15.0 Å². The van der Waals surface area contributed by atoms with Crippen molar-refractivity contribution in [2.45, 2.75) is 25.8 Å². The third kappa shape index (κ3) is 4.20. The van der Waals surface area contributed by atoms with Gasteiger partial charge in [0, 0.05) is 56.0 Å². The smallest absolute Gasteiger partial charge is 0.335 e. The minimum absolute atomic E-state index is 0.0400. The number of amides is 1. The number of hydrogen-bond acceptors (Lipinski definition) is 6. The second kappa shape index (κ2) is 9.60. The number of pyridine rings is 1. The summed E-state index contributed by atoms with van der Waals surface area (Å²) in [6.07, 6.45) is 3.27. The number of aryl methyl sites for hydroxylation is 1. The van der Waals surface area contributed by atoms with Crippen molar-refractivity contribution < 1.29 is 19.4 Å².